The van der Waals surface area contributed by atoms with Crippen molar-refractivity contribution < 1.29 is 14.7 Å². The lowest BCUT2D eigenvalue weighted by Crippen LogP contribution is -2.43. The molecule has 2 rings (SSSR count). The Hall–Kier alpha value is -1.84. The van der Waals surface area contributed by atoms with Crippen molar-refractivity contribution in [3.8, 4) is 0 Å². The second-order valence-electron chi connectivity index (χ2n) is 4.54. The summed E-state index contributed by atoms with van der Waals surface area (Å²) in [4.78, 5) is 24.3. The van der Waals surface area contributed by atoms with Gasteiger partial charge < -0.3 is 10.0 Å². The first-order chi connectivity index (χ1) is 8.70. The lowest BCUT2D eigenvalue weighted by Gasteiger charge is -2.33. The molecule has 2 aliphatic carbocycles. The molecule has 1 atom stereocenters. The monoisotopic (exact) mass is 247 g/mol. The van der Waals surface area contributed by atoms with Crippen LogP contribution in [0, 0.1) is 0 Å². The number of carboxylic acids is 1. The standard InChI is InChI=1S/C14H17NO3/c16-13(14(17)18)15(11-7-3-1-4-8-11)12-9-5-2-6-10-12/h1-3,5,7,12H,4,6,8-10H2,(H,17,18)/t12-/m1/s1. The van der Waals surface area contributed by atoms with Gasteiger partial charge >= 0.3 is 11.9 Å². The molecule has 0 bridgehead atoms. The molecule has 0 aromatic rings. The molecule has 0 heterocycles. The van der Waals surface area contributed by atoms with Crippen molar-refractivity contribution in [2.75, 3.05) is 0 Å². The van der Waals surface area contributed by atoms with E-state index in [-0.39, 0.29) is 6.04 Å². The minimum atomic E-state index is -1.37. The van der Waals surface area contributed by atoms with E-state index in [1.165, 1.54) is 4.90 Å². The van der Waals surface area contributed by atoms with Gasteiger partial charge in [-0.05, 0) is 38.2 Å². The van der Waals surface area contributed by atoms with Gasteiger partial charge in [-0.15, -0.1) is 0 Å². The van der Waals surface area contributed by atoms with Crippen LogP contribution in [-0.2, 0) is 9.59 Å². The van der Waals surface area contributed by atoms with Crippen LogP contribution in [0.5, 0.6) is 0 Å². The summed E-state index contributed by atoms with van der Waals surface area (Å²) >= 11 is 0. The molecule has 0 aromatic heterocycles. The van der Waals surface area contributed by atoms with E-state index in [4.69, 9.17) is 5.11 Å². The van der Waals surface area contributed by atoms with E-state index in [9.17, 15) is 9.59 Å². The summed E-state index contributed by atoms with van der Waals surface area (Å²) < 4.78 is 0. The number of carboxylic acid groups (broad SMARTS) is 1. The molecule has 96 valence electrons. The number of allylic oxidation sites excluding steroid dienone is 5. The number of aliphatic carboxylic acids is 1. The summed E-state index contributed by atoms with van der Waals surface area (Å²) in [6.45, 7) is 0. The highest BCUT2D eigenvalue weighted by Crippen LogP contribution is 2.26. The third-order valence-corrected chi connectivity index (χ3v) is 3.31. The molecular weight excluding hydrogens is 230 g/mol. The zero-order valence-electron chi connectivity index (χ0n) is 10.2. The van der Waals surface area contributed by atoms with E-state index in [1.807, 2.05) is 24.3 Å². The predicted molar refractivity (Wildman–Crippen MR) is 67.7 cm³/mol. The van der Waals surface area contributed by atoms with E-state index in [2.05, 4.69) is 6.08 Å². The Kier molecular flexibility index (Phi) is 3.97. The maximum Gasteiger partial charge on any atom is 0.394 e. The average molecular weight is 247 g/mol. The smallest absolute Gasteiger partial charge is 0.394 e. The van der Waals surface area contributed by atoms with Gasteiger partial charge in [-0.3, -0.25) is 4.79 Å². The van der Waals surface area contributed by atoms with Gasteiger partial charge in [-0.2, -0.15) is 0 Å². The Bertz CT molecular complexity index is 434. The second-order valence-corrected chi connectivity index (χ2v) is 4.54. The summed E-state index contributed by atoms with van der Waals surface area (Å²) in [6.07, 6.45) is 13.9. The fourth-order valence-electron chi connectivity index (χ4n) is 2.44. The first kappa shape index (κ1) is 12.6. The van der Waals surface area contributed by atoms with Gasteiger partial charge in [0.2, 0.25) is 0 Å². The molecule has 0 aliphatic heterocycles. The zero-order valence-corrected chi connectivity index (χ0v) is 10.2. The molecule has 1 amide bonds. The fraction of sp³-hybridized carbons (Fsp3) is 0.429. The van der Waals surface area contributed by atoms with Gasteiger partial charge in [-0.1, -0.05) is 24.3 Å². The Balaban J connectivity index is 2.24. The Morgan fingerprint density at radius 3 is 2.61 bits per heavy atom. The van der Waals surface area contributed by atoms with E-state index in [0.29, 0.717) is 0 Å². The van der Waals surface area contributed by atoms with Crippen LogP contribution in [0.3, 0.4) is 0 Å². The molecular formula is C14H17NO3. The minimum absolute atomic E-state index is 0.0173. The molecule has 2 aliphatic rings. The van der Waals surface area contributed by atoms with Crippen molar-refractivity contribution in [3.05, 3.63) is 36.1 Å². The normalized spacial score (nSPS) is 22.4. The third-order valence-electron chi connectivity index (χ3n) is 3.31. The lowest BCUT2D eigenvalue weighted by atomic mass is 9.98. The average Bonchev–Trinajstić information content (AvgIpc) is 2.41. The summed E-state index contributed by atoms with van der Waals surface area (Å²) in [5.41, 5.74) is 0.824. The Morgan fingerprint density at radius 1 is 1.22 bits per heavy atom. The minimum Gasteiger partial charge on any atom is -0.474 e. The summed E-state index contributed by atoms with van der Waals surface area (Å²) in [7, 11) is 0. The number of carbonyl (C=O) groups excluding carboxylic acids is 1. The summed E-state index contributed by atoms with van der Waals surface area (Å²) in [5, 5.41) is 8.96. The molecule has 0 unspecified atom stereocenters. The highest BCUT2D eigenvalue weighted by atomic mass is 16.4. The molecule has 4 nitrogen and oxygen atoms in total. The number of hydrogen-bond donors (Lipinski definition) is 1. The van der Waals surface area contributed by atoms with Crippen molar-refractivity contribution >= 4 is 11.9 Å². The molecule has 0 saturated carbocycles. The quantitative estimate of drug-likeness (QED) is 0.601. The molecule has 0 spiro atoms. The third kappa shape index (κ3) is 2.70. The van der Waals surface area contributed by atoms with Crippen LogP contribution in [0.25, 0.3) is 0 Å². The number of nitrogens with zero attached hydrogens (tertiary/aromatic N) is 1. The molecule has 0 radical (unpaired) electrons. The largest absolute Gasteiger partial charge is 0.474 e. The predicted octanol–water partition coefficient (Wildman–Crippen LogP) is 2.24. The second kappa shape index (κ2) is 5.67. The maximum atomic E-state index is 11.9. The van der Waals surface area contributed by atoms with Crippen molar-refractivity contribution in [1.29, 1.82) is 0 Å². The van der Waals surface area contributed by atoms with Crippen molar-refractivity contribution in [2.45, 2.75) is 38.1 Å². The van der Waals surface area contributed by atoms with Crippen molar-refractivity contribution in [2.24, 2.45) is 0 Å². The van der Waals surface area contributed by atoms with Gasteiger partial charge in [-0.25, -0.2) is 4.79 Å². The van der Waals surface area contributed by atoms with E-state index >= 15 is 0 Å². The number of rotatable bonds is 2. The summed E-state index contributed by atoms with van der Waals surface area (Å²) in [6, 6.07) is -0.0173. The molecule has 0 fully saturated rings. The van der Waals surface area contributed by atoms with Gasteiger partial charge in [0.05, 0.1) is 0 Å². The first-order valence-corrected chi connectivity index (χ1v) is 6.27. The highest BCUT2D eigenvalue weighted by molar-refractivity contribution is 6.31. The van der Waals surface area contributed by atoms with E-state index in [1.54, 1.807) is 0 Å². The van der Waals surface area contributed by atoms with Crippen LogP contribution in [-0.4, -0.2) is 27.9 Å². The number of hydrogen-bond acceptors (Lipinski definition) is 2. The Morgan fingerprint density at radius 2 is 2.06 bits per heavy atom. The van der Waals surface area contributed by atoms with Crippen LogP contribution < -0.4 is 0 Å². The molecule has 18 heavy (non-hydrogen) atoms. The van der Waals surface area contributed by atoms with Crippen molar-refractivity contribution in [3.63, 3.8) is 0 Å². The molecule has 0 saturated heterocycles. The van der Waals surface area contributed by atoms with Gasteiger partial charge in [0.15, 0.2) is 0 Å². The molecule has 1 N–H and O–H groups in total. The van der Waals surface area contributed by atoms with Gasteiger partial charge in [0.25, 0.3) is 0 Å². The molecule has 0 aromatic carbocycles. The first-order valence-electron chi connectivity index (χ1n) is 6.27. The van der Waals surface area contributed by atoms with E-state index < -0.39 is 11.9 Å². The number of amides is 1. The SMILES string of the molecule is O=C(O)C(=O)N(C1=CC=CCC1)[C@@H]1CC=CCC1. The van der Waals surface area contributed by atoms with Crippen LogP contribution in [0.15, 0.2) is 36.1 Å². The van der Waals surface area contributed by atoms with E-state index in [0.717, 1.165) is 37.8 Å². The van der Waals surface area contributed by atoms with Gasteiger partial charge in [0, 0.05) is 11.7 Å². The molecule has 4 heteroatoms. The van der Waals surface area contributed by atoms with Crippen LogP contribution in [0.1, 0.15) is 32.1 Å². The summed E-state index contributed by atoms with van der Waals surface area (Å²) in [5.74, 6) is -2.18. The zero-order chi connectivity index (χ0) is 13.0. The van der Waals surface area contributed by atoms with Crippen LogP contribution >= 0.6 is 0 Å². The van der Waals surface area contributed by atoms with Crippen molar-refractivity contribution in [1.82, 2.24) is 4.90 Å². The highest BCUT2D eigenvalue weighted by Gasteiger charge is 2.30. The lowest BCUT2D eigenvalue weighted by molar-refractivity contribution is -0.156. The maximum absolute atomic E-state index is 11.9. The topological polar surface area (TPSA) is 57.6 Å². The van der Waals surface area contributed by atoms with Crippen LogP contribution in [0.4, 0.5) is 0 Å². The van der Waals surface area contributed by atoms with Gasteiger partial charge in [0.1, 0.15) is 0 Å². The number of carbonyl (C=O) groups is 2. The van der Waals surface area contributed by atoms with Crippen LogP contribution in [0.2, 0.25) is 0 Å². The Labute approximate surface area is 106 Å². The fourth-order valence-corrected chi connectivity index (χ4v) is 2.44.